The van der Waals surface area contributed by atoms with E-state index in [1.807, 2.05) is 0 Å². The topological polar surface area (TPSA) is 74.3 Å². The normalized spacial score (nSPS) is 14.2. The van der Waals surface area contributed by atoms with Crippen LogP contribution in [0.3, 0.4) is 0 Å². The average molecular weight is 513 g/mol. The number of carbonyl (C=O) groups excluding carboxylic acids is 2. The lowest BCUT2D eigenvalue weighted by Gasteiger charge is -2.25. The molecule has 1 aromatic carbocycles. The van der Waals surface area contributed by atoms with Gasteiger partial charge < -0.3 is 23.8 Å². The molecule has 1 heterocycles. The molecule has 0 aromatic heterocycles. The summed E-state index contributed by atoms with van der Waals surface area (Å²) in [7, 11) is 2.02. The number of rotatable bonds is 9. The number of methoxy groups -OCH3 is 2. The zero-order chi connectivity index (χ0) is 26.4. The highest BCUT2D eigenvalue weighted by atomic mass is 19.4. The Balaban J connectivity index is 2.61. The van der Waals surface area contributed by atoms with E-state index in [4.69, 9.17) is 4.74 Å². The summed E-state index contributed by atoms with van der Waals surface area (Å²) in [6.07, 6.45) is -3.80. The Morgan fingerprint density at radius 2 is 1.46 bits per heavy atom. The maximum atomic E-state index is 13.3. The highest BCUT2D eigenvalue weighted by Gasteiger charge is 2.42. The number of benzene rings is 1. The van der Waals surface area contributed by atoms with Gasteiger partial charge in [-0.3, -0.25) is 0 Å². The van der Waals surface area contributed by atoms with Crippen LogP contribution < -0.4 is 14.4 Å². The lowest BCUT2D eigenvalue weighted by molar-refractivity contribution is -0.153. The van der Waals surface area contributed by atoms with Crippen molar-refractivity contribution in [2.75, 3.05) is 32.3 Å². The van der Waals surface area contributed by atoms with Crippen molar-refractivity contribution >= 4 is 17.6 Å². The Morgan fingerprint density at radius 1 is 0.886 bits per heavy atom. The number of halogens is 7. The Bertz CT molecular complexity index is 1030. The zero-order valence-corrected chi connectivity index (χ0v) is 18.1. The van der Waals surface area contributed by atoms with Crippen LogP contribution in [0.4, 0.5) is 36.4 Å². The monoisotopic (exact) mass is 513 g/mol. The molecule has 14 heteroatoms. The van der Waals surface area contributed by atoms with Gasteiger partial charge in [-0.25, -0.2) is 18.4 Å². The van der Waals surface area contributed by atoms with E-state index in [-0.39, 0.29) is 11.3 Å². The number of allylic oxidation sites excluding steroid dienone is 2. The minimum Gasteiger partial charge on any atom is -0.487 e. The number of ether oxygens (including phenoxy) is 4. The van der Waals surface area contributed by atoms with E-state index in [1.54, 1.807) is 0 Å². The van der Waals surface area contributed by atoms with Gasteiger partial charge in [0.2, 0.25) is 0 Å². The van der Waals surface area contributed by atoms with E-state index >= 15 is 0 Å². The third-order valence-electron chi connectivity index (χ3n) is 4.19. The van der Waals surface area contributed by atoms with Gasteiger partial charge in [-0.05, 0) is 12.2 Å². The van der Waals surface area contributed by atoms with Gasteiger partial charge in [0, 0.05) is 24.4 Å². The number of alkyl halides is 7. The number of carbonyl (C=O) groups is 2. The lowest BCUT2D eigenvalue weighted by atomic mass is 10.1. The quantitative estimate of drug-likeness (QED) is 0.358. The van der Waals surface area contributed by atoms with E-state index in [2.05, 4.69) is 14.2 Å². The van der Waals surface area contributed by atoms with Gasteiger partial charge in [0.25, 0.3) is 0 Å². The minimum absolute atomic E-state index is 0.221. The van der Waals surface area contributed by atoms with Gasteiger partial charge in [0.1, 0.15) is 17.2 Å². The number of anilines is 1. The molecule has 35 heavy (non-hydrogen) atoms. The van der Waals surface area contributed by atoms with Gasteiger partial charge in [0.05, 0.1) is 25.5 Å². The smallest absolute Gasteiger partial charge is 0.422 e. The highest BCUT2D eigenvalue weighted by molar-refractivity contribution is 6.05. The number of hydrogen-bond acceptors (Lipinski definition) is 7. The van der Waals surface area contributed by atoms with E-state index in [0.717, 1.165) is 37.3 Å². The Hall–Kier alpha value is -3.71. The molecular weight excluding hydrogens is 495 g/mol. The summed E-state index contributed by atoms with van der Waals surface area (Å²) in [5, 5.41) is 0. The number of nitrogens with zero attached hydrogens (tertiary/aromatic N) is 1. The molecule has 0 radical (unpaired) electrons. The Morgan fingerprint density at radius 3 is 1.97 bits per heavy atom. The van der Waals surface area contributed by atoms with Gasteiger partial charge in [-0.15, -0.1) is 0 Å². The molecule has 192 valence electrons. The summed E-state index contributed by atoms with van der Waals surface area (Å²) in [5.74, 6) is -7.77. The first-order valence-electron chi connectivity index (χ1n) is 9.47. The van der Waals surface area contributed by atoms with Crippen LogP contribution >= 0.6 is 0 Å². The van der Waals surface area contributed by atoms with Crippen molar-refractivity contribution in [3.8, 4) is 11.5 Å². The van der Waals surface area contributed by atoms with E-state index in [1.165, 1.54) is 24.4 Å². The first kappa shape index (κ1) is 27.5. The molecule has 2 rings (SSSR count). The third kappa shape index (κ3) is 7.39. The van der Waals surface area contributed by atoms with Crippen molar-refractivity contribution in [1.29, 1.82) is 0 Å². The van der Waals surface area contributed by atoms with E-state index in [9.17, 15) is 40.3 Å². The van der Waals surface area contributed by atoms with Crippen LogP contribution in [0.25, 0.3) is 0 Å². The summed E-state index contributed by atoms with van der Waals surface area (Å²) in [4.78, 5) is 25.7. The molecule has 0 bridgehead atoms. The molecule has 0 spiro atoms. The van der Waals surface area contributed by atoms with Gasteiger partial charge in [-0.2, -0.15) is 22.0 Å². The standard InChI is InChI=1S/C21H18F7NO6/c1-32-17(30)15-5-3-4-6-29(16(15)18(31)33-2)12-7-13(34-10-20(24,25)19(22)23)9-14(8-12)35-11-21(26,27)28/h3-9,19H,10-11H2,1-2H3. The van der Waals surface area contributed by atoms with Crippen molar-refractivity contribution in [3.63, 3.8) is 0 Å². The molecule has 0 saturated carbocycles. The lowest BCUT2D eigenvalue weighted by Crippen LogP contribution is -2.33. The fourth-order valence-corrected chi connectivity index (χ4v) is 2.64. The molecule has 0 unspecified atom stereocenters. The molecule has 7 nitrogen and oxygen atoms in total. The molecule has 1 aromatic rings. The van der Waals surface area contributed by atoms with Gasteiger partial charge >= 0.3 is 30.5 Å². The van der Waals surface area contributed by atoms with E-state index in [0.29, 0.717) is 0 Å². The van der Waals surface area contributed by atoms with Crippen LogP contribution in [0.15, 0.2) is 53.9 Å². The maximum absolute atomic E-state index is 13.3. The third-order valence-corrected chi connectivity index (χ3v) is 4.19. The minimum atomic E-state index is -4.78. The van der Waals surface area contributed by atoms with Crippen molar-refractivity contribution in [2.45, 2.75) is 18.5 Å². The number of esters is 2. The number of hydrogen-bond donors (Lipinski definition) is 0. The molecular formula is C21H18F7NO6. The molecule has 0 atom stereocenters. The average Bonchev–Trinajstić information content (AvgIpc) is 3.03. The predicted octanol–water partition coefficient (Wildman–Crippen LogP) is 4.40. The summed E-state index contributed by atoms with van der Waals surface area (Å²) in [6, 6.07) is 2.69. The van der Waals surface area contributed by atoms with Crippen LogP contribution in [-0.4, -0.2) is 57.9 Å². The Labute approximate surface area is 194 Å². The summed E-state index contributed by atoms with van der Waals surface area (Å²) in [6.45, 7) is -3.59. The SMILES string of the molecule is COC(=O)C1=C(C(=O)OC)N(c2cc(OCC(F)(F)F)cc(OCC(F)(F)C(F)F)c2)C=CC=C1. The van der Waals surface area contributed by atoms with Crippen LogP contribution in [0.2, 0.25) is 0 Å². The maximum Gasteiger partial charge on any atom is 0.422 e. The second-order valence-electron chi connectivity index (χ2n) is 6.73. The van der Waals surface area contributed by atoms with Crippen LogP contribution in [0.5, 0.6) is 11.5 Å². The molecule has 0 saturated heterocycles. The summed E-state index contributed by atoms with van der Waals surface area (Å²) >= 11 is 0. The highest BCUT2D eigenvalue weighted by Crippen LogP contribution is 2.35. The van der Waals surface area contributed by atoms with Crippen molar-refractivity contribution < 1.29 is 59.3 Å². The molecule has 1 aliphatic rings. The van der Waals surface area contributed by atoms with E-state index < -0.39 is 60.9 Å². The van der Waals surface area contributed by atoms with Gasteiger partial charge in [-0.1, -0.05) is 6.08 Å². The fourth-order valence-electron chi connectivity index (χ4n) is 2.64. The molecule has 0 aliphatic carbocycles. The second-order valence-corrected chi connectivity index (χ2v) is 6.73. The second kappa shape index (κ2) is 11.1. The Kier molecular flexibility index (Phi) is 8.77. The zero-order valence-electron chi connectivity index (χ0n) is 18.1. The first-order chi connectivity index (χ1) is 16.3. The molecule has 0 fully saturated rings. The summed E-state index contributed by atoms with van der Waals surface area (Å²) < 4.78 is 108. The van der Waals surface area contributed by atoms with Crippen LogP contribution in [-0.2, 0) is 19.1 Å². The van der Waals surface area contributed by atoms with Crippen molar-refractivity contribution in [1.82, 2.24) is 0 Å². The molecule has 1 aliphatic heterocycles. The molecule has 0 amide bonds. The summed E-state index contributed by atoms with van der Waals surface area (Å²) in [5.41, 5.74) is -0.999. The van der Waals surface area contributed by atoms with Crippen LogP contribution in [0.1, 0.15) is 0 Å². The molecule has 0 N–H and O–H groups in total. The van der Waals surface area contributed by atoms with Crippen molar-refractivity contribution in [2.24, 2.45) is 0 Å². The van der Waals surface area contributed by atoms with Crippen LogP contribution in [0, 0.1) is 0 Å². The predicted molar refractivity (Wildman–Crippen MR) is 106 cm³/mol. The van der Waals surface area contributed by atoms with Gasteiger partial charge in [0.15, 0.2) is 13.2 Å². The fraction of sp³-hybridized carbons (Fsp3) is 0.333. The van der Waals surface area contributed by atoms with Crippen molar-refractivity contribution in [3.05, 3.63) is 53.9 Å². The first-order valence-corrected chi connectivity index (χ1v) is 9.47. The largest absolute Gasteiger partial charge is 0.487 e.